The molecule has 0 heterocycles. The van der Waals surface area contributed by atoms with Crippen LogP contribution >= 0.6 is 11.6 Å². The van der Waals surface area contributed by atoms with Crippen LogP contribution in [0.25, 0.3) is 0 Å². The fourth-order valence-corrected chi connectivity index (χ4v) is 1.86. The summed E-state index contributed by atoms with van der Waals surface area (Å²) in [6.45, 7) is 6.57. The van der Waals surface area contributed by atoms with Gasteiger partial charge in [-0.2, -0.15) is 0 Å². The summed E-state index contributed by atoms with van der Waals surface area (Å²) in [5.41, 5.74) is 7.62. The van der Waals surface area contributed by atoms with Gasteiger partial charge in [-0.15, -0.1) is 0 Å². The third-order valence-corrected chi connectivity index (χ3v) is 3.22. The molecule has 0 saturated carbocycles. The van der Waals surface area contributed by atoms with Crippen LogP contribution in [0.4, 0.5) is 0 Å². The number of halogens is 1. The number of rotatable bonds is 4. The van der Waals surface area contributed by atoms with Gasteiger partial charge in [-0.1, -0.05) is 44.5 Å². The molecule has 0 fully saturated rings. The van der Waals surface area contributed by atoms with Crippen molar-refractivity contribution in [2.75, 3.05) is 0 Å². The fourth-order valence-electron chi connectivity index (χ4n) is 1.65. The minimum Gasteiger partial charge on any atom is -0.327 e. The molecule has 0 saturated heterocycles. The van der Waals surface area contributed by atoms with Gasteiger partial charge in [-0.3, -0.25) is 0 Å². The minimum absolute atomic E-state index is 0.203. The molecule has 0 bridgehead atoms. The summed E-state index contributed by atoms with van der Waals surface area (Å²) in [6.07, 6.45) is 3.25. The van der Waals surface area contributed by atoms with Gasteiger partial charge in [0.15, 0.2) is 0 Å². The lowest BCUT2D eigenvalue weighted by Crippen LogP contribution is -2.34. The third kappa shape index (κ3) is 4.54. The topological polar surface area (TPSA) is 26.0 Å². The van der Waals surface area contributed by atoms with E-state index < -0.39 is 0 Å². The maximum atomic E-state index is 6.12. The fraction of sp³-hybridized carbons (Fsp3) is 0.571. The molecule has 16 heavy (non-hydrogen) atoms. The average Bonchev–Trinajstić information content (AvgIpc) is 2.16. The molecule has 1 rings (SSSR count). The van der Waals surface area contributed by atoms with Crippen LogP contribution in [0.3, 0.4) is 0 Å². The van der Waals surface area contributed by atoms with Gasteiger partial charge in [0.1, 0.15) is 0 Å². The van der Waals surface area contributed by atoms with Crippen LogP contribution < -0.4 is 5.73 Å². The Bertz CT molecular complexity index is 328. The largest absolute Gasteiger partial charge is 0.327 e. The summed E-state index contributed by atoms with van der Waals surface area (Å²) < 4.78 is 0. The van der Waals surface area contributed by atoms with Crippen molar-refractivity contribution in [1.82, 2.24) is 0 Å². The van der Waals surface area contributed by atoms with Gasteiger partial charge in [0.2, 0.25) is 0 Å². The summed E-state index contributed by atoms with van der Waals surface area (Å²) in [6, 6.07) is 8.33. The zero-order valence-electron chi connectivity index (χ0n) is 10.5. The monoisotopic (exact) mass is 239 g/mol. The number of aryl methyl sites for hydroxylation is 1. The molecular weight excluding hydrogens is 218 g/mol. The lowest BCUT2D eigenvalue weighted by atomic mass is 9.84. The van der Waals surface area contributed by atoms with E-state index in [0.29, 0.717) is 0 Å². The molecular formula is C14H22ClN. The Morgan fingerprint density at radius 2 is 2.00 bits per heavy atom. The first kappa shape index (κ1) is 13.5. The second kappa shape index (κ2) is 5.70. The number of hydrogen-bond donors (Lipinski definition) is 1. The molecule has 1 aromatic rings. The highest BCUT2D eigenvalue weighted by Gasteiger charge is 2.19. The molecule has 2 N–H and O–H groups in total. The lowest BCUT2D eigenvalue weighted by molar-refractivity contribution is 0.301. The summed E-state index contributed by atoms with van der Waals surface area (Å²) in [7, 11) is 0. The molecule has 0 radical (unpaired) electrons. The highest BCUT2D eigenvalue weighted by molar-refractivity contribution is 6.30. The van der Waals surface area contributed by atoms with Crippen molar-refractivity contribution < 1.29 is 0 Å². The van der Waals surface area contributed by atoms with Crippen LogP contribution in [0.5, 0.6) is 0 Å². The van der Waals surface area contributed by atoms with Gasteiger partial charge in [-0.05, 0) is 42.4 Å². The third-order valence-electron chi connectivity index (χ3n) is 2.98. The van der Waals surface area contributed by atoms with Gasteiger partial charge in [0, 0.05) is 11.1 Å². The van der Waals surface area contributed by atoms with Crippen molar-refractivity contribution >= 4 is 11.6 Å². The minimum atomic E-state index is 0.203. The van der Waals surface area contributed by atoms with E-state index in [1.54, 1.807) is 0 Å². The van der Waals surface area contributed by atoms with Crippen molar-refractivity contribution in [3.05, 3.63) is 34.9 Å². The van der Waals surface area contributed by atoms with Crippen molar-refractivity contribution in [3.8, 4) is 0 Å². The Morgan fingerprint density at radius 3 is 2.56 bits per heavy atom. The van der Waals surface area contributed by atoms with Crippen molar-refractivity contribution in [2.45, 2.75) is 46.1 Å². The summed E-state index contributed by atoms with van der Waals surface area (Å²) in [5, 5.41) is 0.817. The van der Waals surface area contributed by atoms with E-state index in [2.05, 4.69) is 26.8 Å². The Balaban J connectivity index is 2.36. The summed E-state index contributed by atoms with van der Waals surface area (Å²) in [4.78, 5) is 0. The van der Waals surface area contributed by atoms with E-state index in [9.17, 15) is 0 Å². The van der Waals surface area contributed by atoms with Crippen LogP contribution in [0, 0.1) is 5.41 Å². The predicted molar refractivity (Wildman–Crippen MR) is 71.8 cm³/mol. The van der Waals surface area contributed by atoms with Gasteiger partial charge in [0.25, 0.3) is 0 Å². The normalized spacial score (nSPS) is 13.8. The van der Waals surface area contributed by atoms with Crippen LogP contribution in [-0.4, -0.2) is 6.04 Å². The van der Waals surface area contributed by atoms with Gasteiger partial charge < -0.3 is 5.73 Å². The second-order valence-electron chi connectivity index (χ2n) is 5.49. The molecule has 1 atom stereocenters. The first-order valence-electron chi connectivity index (χ1n) is 5.89. The second-order valence-corrected chi connectivity index (χ2v) is 5.93. The molecule has 0 spiro atoms. The quantitative estimate of drug-likeness (QED) is 0.844. The Morgan fingerprint density at radius 1 is 1.31 bits per heavy atom. The smallest absolute Gasteiger partial charge is 0.0408 e. The zero-order chi connectivity index (χ0) is 12.2. The van der Waals surface area contributed by atoms with E-state index in [-0.39, 0.29) is 11.5 Å². The molecule has 0 aliphatic rings. The first-order chi connectivity index (χ1) is 7.39. The number of hydrogen-bond acceptors (Lipinski definition) is 1. The molecule has 0 aliphatic carbocycles. The van der Waals surface area contributed by atoms with E-state index in [4.69, 9.17) is 17.3 Å². The van der Waals surface area contributed by atoms with Crippen LogP contribution in [0.2, 0.25) is 5.02 Å². The average molecular weight is 240 g/mol. The van der Waals surface area contributed by atoms with Crippen molar-refractivity contribution in [2.24, 2.45) is 11.1 Å². The molecule has 0 aromatic heterocycles. The zero-order valence-corrected chi connectivity index (χ0v) is 11.2. The summed E-state index contributed by atoms with van der Waals surface area (Å²) in [5.74, 6) is 0. The molecule has 90 valence electrons. The molecule has 0 amide bonds. The molecule has 2 heteroatoms. The maximum Gasteiger partial charge on any atom is 0.0408 e. The lowest BCUT2D eigenvalue weighted by Gasteiger charge is -2.26. The van der Waals surface area contributed by atoms with Crippen molar-refractivity contribution in [1.29, 1.82) is 0 Å². The van der Waals surface area contributed by atoms with E-state index in [1.807, 2.05) is 18.2 Å². The van der Waals surface area contributed by atoms with Crippen LogP contribution in [-0.2, 0) is 6.42 Å². The van der Waals surface area contributed by atoms with E-state index >= 15 is 0 Å². The number of nitrogens with two attached hydrogens (primary N) is 1. The highest BCUT2D eigenvalue weighted by atomic mass is 35.5. The molecule has 0 aliphatic heterocycles. The van der Waals surface area contributed by atoms with E-state index in [0.717, 1.165) is 24.3 Å². The van der Waals surface area contributed by atoms with Gasteiger partial charge in [0.05, 0.1) is 0 Å². The molecule has 1 nitrogen and oxygen atoms in total. The Hall–Kier alpha value is -0.530. The maximum absolute atomic E-state index is 6.12. The van der Waals surface area contributed by atoms with Gasteiger partial charge in [-0.25, -0.2) is 0 Å². The van der Waals surface area contributed by atoms with Crippen LogP contribution in [0.15, 0.2) is 24.3 Å². The van der Waals surface area contributed by atoms with Crippen molar-refractivity contribution in [3.63, 3.8) is 0 Å². The van der Waals surface area contributed by atoms with Gasteiger partial charge >= 0.3 is 0 Å². The van der Waals surface area contributed by atoms with Crippen LogP contribution in [0.1, 0.15) is 39.2 Å². The first-order valence-corrected chi connectivity index (χ1v) is 6.27. The Kier molecular flexibility index (Phi) is 4.82. The number of benzene rings is 1. The predicted octanol–water partition coefficient (Wildman–Crippen LogP) is 4.04. The molecule has 1 unspecified atom stereocenters. The Labute approximate surface area is 104 Å². The standard InChI is InChI=1S/C14H22ClN/c1-14(2,3)13(16)9-5-7-11-6-4-8-12(15)10-11/h4,6,8,10,13H,5,7,9,16H2,1-3H3. The van der Waals surface area contributed by atoms with E-state index in [1.165, 1.54) is 5.56 Å². The summed E-state index contributed by atoms with van der Waals surface area (Å²) >= 11 is 5.93. The molecule has 1 aromatic carbocycles. The highest BCUT2D eigenvalue weighted by Crippen LogP contribution is 2.22. The SMILES string of the molecule is CC(C)(C)C(N)CCCc1cccc(Cl)c1.